The summed E-state index contributed by atoms with van der Waals surface area (Å²) in [7, 11) is -3.70. The van der Waals surface area contributed by atoms with Crippen LogP contribution in [0.3, 0.4) is 0 Å². The predicted octanol–water partition coefficient (Wildman–Crippen LogP) is 2.88. The zero-order valence-corrected chi connectivity index (χ0v) is 19.3. The van der Waals surface area contributed by atoms with Crippen LogP contribution in [0.5, 0.6) is 0 Å². The van der Waals surface area contributed by atoms with Gasteiger partial charge in [0.1, 0.15) is 5.82 Å². The summed E-state index contributed by atoms with van der Waals surface area (Å²) in [6.07, 6.45) is 1.88. The van der Waals surface area contributed by atoms with Gasteiger partial charge in [0.25, 0.3) is 0 Å². The van der Waals surface area contributed by atoms with Crippen LogP contribution in [-0.4, -0.2) is 27.5 Å². The van der Waals surface area contributed by atoms with Crippen LogP contribution in [0.15, 0.2) is 58.4 Å². The van der Waals surface area contributed by atoms with Crippen molar-refractivity contribution in [1.29, 1.82) is 0 Å². The molecule has 1 aliphatic carbocycles. The number of hydrogen-bond donors (Lipinski definition) is 3. The average molecular weight is 532 g/mol. The Morgan fingerprint density at radius 3 is 2.34 bits per heavy atom. The summed E-state index contributed by atoms with van der Waals surface area (Å²) in [5.74, 6) is 0.472. The van der Waals surface area contributed by atoms with Gasteiger partial charge in [0, 0.05) is 18.5 Å². The molecule has 1 fully saturated rings. The summed E-state index contributed by atoms with van der Waals surface area (Å²) in [5, 5.41) is 11.6. The third-order valence-corrected chi connectivity index (χ3v) is 5.84. The van der Waals surface area contributed by atoms with Gasteiger partial charge >= 0.3 is 0 Å². The quantitative estimate of drug-likeness (QED) is 0.290. The minimum atomic E-state index is -3.70. The van der Waals surface area contributed by atoms with Gasteiger partial charge in [-0.15, -0.1) is 24.0 Å². The van der Waals surface area contributed by atoms with E-state index in [1.165, 1.54) is 18.2 Å². The monoisotopic (exact) mass is 532 g/mol. The van der Waals surface area contributed by atoms with Gasteiger partial charge in [-0.3, -0.25) is 0 Å². The lowest BCUT2D eigenvalue weighted by Gasteiger charge is -2.19. The van der Waals surface area contributed by atoms with E-state index in [0.717, 1.165) is 24.0 Å². The van der Waals surface area contributed by atoms with Crippen molar-refractivity contribution in [1.82, 2.24) is 10.6 Å². The maximum atomic E-state index is 14.2. The van der Waals surface area contributed by atoms with E-state index in [9.17, 15) is 12.8 Å². The van der Waals surface area contributed by atoms with Gasteiger partial charge in [0.15, 0.2) is 5.96 Å². The van der Waals surface area contributed by atoms with Crippen LogP contribution in [-0.2, 0) is 22.0 Å². The van der Waals surface area contributed by atoms with Crippen LogP contribution >= 0.6 is 24.0 Å². The molecule has 0 aliphatic heterocycles. The Morgan fingerprint density at radius 1 is 1.14 bits per heavy atom. The lowest BCUT2D eigenvalue weighted by atomic mass is 9.95. The Hall–Kier alpha value is -1.72. The van der Waals surface area contributed by atoms with Gasteiger partial charge in [-0.2, -0.15) is 0 Å². The van der Waals surface area contributed by atoms with E-state index < -0.39 is 10.0 Å². The molecule has 0 saturated heterocycles. The second-order valence-electron chi connectivity index (χ2n) is 7.00. The molecule has 6 nitrogen and oxygen atoms in total. The molecule has 2 aromatic rings. The van der Waals surface area contributed by atoms with Crippen molar-refractivity contribution in [3.63, 3.8) is 0 Å². The molecule has 1 aliphatic rings. The molecule has 0 bridgehead atoms. The van der Waals surface area contributed by atoms with E-state index in [1.54, 1.807) is 18.2 Å². The number of sulfonamides is 1. The molecule has 0 heterocycles. The smallest absolute Gasteiger partial charge is 0.238 e. The summed E-state index contributed by atoms with van der Waals surface area (Å²) in [5.41, 5.74) is 1.43. The molecule has 0 unspecified atom stereocenters. The standard InChI is InChI=1S/C20H25FN4O2S.HI/c1-2-23-19(24-13-15-7-9-16(10-8-15)28(22,26)27)25-14-20(11-12-20)17-5-3-4-6-18(17)21;/h3-10H,2,11-14H2,1H3,(H2,22,26,27)(H2,23,24,25);1H. The Bertz CT molecular complexity index is 961. The number of guanidine groups is 1. The number of halogens is 2. The molecular weight excluding hydrogens is 506 g/mol. The number of rotatable bonds is 7. The molecule has 1 saturated carbocycles. The number of nitrogens with one attached hydrogen (secondary N) is 2. The third-order valence-electron chi connectivity index (χ3n) is 4.91. The van der Waals surface area contributed by atoms with Gasteiger partial charge < -0.3 is 10.6 Å². The first-order chi connectivity index (χ1) is 13.3. The van der Waals surface area contributed by atoms with Crippen LogP contribution in [0.1, 0.15) is 30.9 Å². The van der Waals surface area contributed by atoms with Crippen molar-refractivity contribution in [2.75, 3.05) is 13.1 Å². The normalized spacial score (nSPS) is 15.3. The lowest BCUT2D eigenvalue weighted by Crippen LogP contribution is -2.41. The van der Waals surface area contributed by atoms with Gasteiger partial charge in [-0.25, -0.2) is 22.9 Å². The summed E-state index contributed by atoms with van der Waals surface area (Å²) in [6.45, 7) is 3.65. The topological polar surface area (TPSA) is 96.6 Å². The third kappa shape index (κ3) is 6.13. The van der Waals surface area contributed by atoms with Crippen molar-refractivity contribution >= 4 is 40.0 Å². The number of aliphatic imine (C=N–C) groups is 1. The van der Waals surface area contributed by atoms with Gasteiger partial charge in [0.2, 0.25) is 10.0 Å². The van der Waals surface area contributed by atoms with E-state index in [0.29, 0.717) is 25.6 Å². The first-order valence-electron chi connectivity index (χ1n) is 9.23. The number of hydrogen-bond acceptors (Lipinski definition) is 3. The fourth-order valence-electron chi connectivity index (χ4n) is 3.13. The van der Waals surface area contributed by atoms with Crippen LogP contribution in [0, 0.1) is 5.82 Å². The fourth-order valence-corrected chi connectivity index (χ4v) is 3.65. The van der Waals surface area contributed by atoms with Crippen molar-refractivity contribution in [3.8, 4) is 0 Å². The maximum absolute atomic E-state index is 14.2. The SMILES string of the molecule is CCNC(=NCc1ccc(S(N)(=O)=O)cc1)NCC1(c2ccccc2F)CC1.I. The molecule has 3 rings (SSSR count). The first kappa shape index (κ1) is 23.6. The number of nitrogens with zero attached hydrogens (tertiary/aromatic N) is 1. The molecular formula is C20H26FIN4O2S. The molecule has 2 aromatic carbocycles. The van der Waals surface area contributed by atoms with Crippen LogP contribution < -0.4 is 15.8 Å². The van der Waals surface area contributed by atoms with Crippen molar-refractivity contribution < 1.29 is 12.8 Å². The lowest BCUT2D eigenvalue weighted by molar-refractivity contribution is 0.559. The zero-order valence-electron chi connectivity index (χ0n) is 16.2. The fraction of sp³-hybridized carbons (Fsp3) is 0.350. The Morgan fingerprint density at radius 2 is 1.79 bits per heavy atom. The molecule has 158 valence electrons. The highest BCUT2D eigenvalue weighted by Gasteiger charge is 2.45. The highest BCUT2D eigenvalue weighted by Crippen LogP contribution is 2.48. The minimum absolute atomic E-state index is 0. The predicted molar refractivity (Wildman–Crippen MR) is 123 cm³/mol. The maximum Gasteiger partial charge on any atom is 0.238 e. The molecule has 0 aromatic heterocycles. The molecule has 0 spiro atoms. The second kappa shape index (κ2) is 9.86. The van der Waals surface area contributed by atoms with Gasteiger partial charge in [0.05, 0.1) is 11.4 Å². The highest BCUT2D eigenvalue weighted by molar-refractivity contribution is 14.0. The van der Waals surface area contributed by atoms with Gasteiger partial charge in [-0.05, 0) is 49.1 Å². The second-order valence-corrected chi connectivity index (χ2v) is 8.56. The number of nitrogens with two attached hydrogens (primary N) is 1. The van der Waals surface area contributed by atoms with E-state index >= 15 is 0 Å². The summed E-state index contributed by atoms with van der Waals surface area (Å²) >= 11 is 0. The summed E-state index contributed by atoms with van der Waals surface area (Å²) in [4.78, 5) is 4.62. The van der Waals surface area contributed by atoms with Crippen LogP contribution in [0.25, 0.3) is 0 Å². The molecule has 4 N–H and O–H groups in total. The molecule has 9 heteroatoms. The van der Waals surface area contributed by atoms with E-state index in [4.69, 9.17) is 5.14 Å². The van der Waals surface area contributed by atoms with Crippen LogP contribution in [0.4, 0.5) is 4.39 Å². The van der Waals surface area contributed by atoms with E-state index in [2.05, 4.69) is 15.6 Å². The van der Waals surface area contributed by atoms with Crippen LogP contribution in [0.2, 0.25) is 0 Å². The molecule has 29 heavy (non-hydrogen) atoms. The largest absolute Gasteiger partial charge is 0.357 e. The molecule has 0 amide bonds. The molecule has 0 radical (unpaired) electrons. The van der Waals surface area contributed by atoms with Crippen molar-refractivity contribution in [3.05, 3.63) is 65.5 Å². The number of primary sulfonamides is 1. The Balaban J connectivity index is 0.00000300. The first-order valence-corrected chi connectivity index (χ1v) is 10.8. The highest BCUT2D eigenvalue weighted by atomic mass is 127. The zero-order chi connectivity index (χ0) is 20.2. The minimum Gasteiger partial charge on any atom is -0.357 e. The van der Waals surface area contributed by atoms with Crippen molar-refractivity contribution in [2.24, 2.45) is 10.1 Å². The molecule has 0 atom stereocenters. The summed E-state index contributed by atoms with van der Waals surface area (Å²) < 4.78 is 36.8. The van der Waals surface area contributed by atoms with Gasteiger partial charge in [-0.1, -0.05) is 30.3 Å². The summed E-state index contributed by atoms with van der Waals surface area (Å²) in [6, 6.07) is 13.2. The van der Waals surface area contributed by atoms with E-state index in [1.807, 2.05) is 19.1 Å². The Labute approximate surface area is 188 Å². The average Bonchev–Trinajstić information content (AvgIpc) is 3.45. The Kier molecular flexibility index (Phi) is 8.01. The van der Waals surface area contributed by atoms with Crippen molar-refractivity contribution in [2.45, 2.75) is 36.6 Å². The van der Waals surface area contributed by atoms with E-state index in [-0.39, 0.29) is 40.1 Å². The number of benzene rings is 2.